The first-order valence-electron chi connectivity index (χ1n) is 26.0. The molecule has 1 heterocycles. The molecule has 6 atom stereocenters. The van der Waals surface area contributed by atoms with Crippen LogP contribution < -0.4 is 0 Å². The van der Waals surface area contributed by atoms with Gasteiger partial charge in [-0.05, 0) is 64.2 Å². The van der Waals surface area contributed by atoms with E-state index in [1.807, 2.05) is 0 Å². The molecule has 0 aromatic carbocycles. The maximum Gasteiger partial charge on any atom is 0.335 e. The lowest BCUT2D eigenvalue weighted by Gasteiger charge is -2.40. The highest BCUT2D eigenvalue weighted by atomic mass is 16.7. The SMILES string of the molecule is CCC/C=C\C/C=C\CCCCCCCC(=O)OC1C(OCC(COC(=O)CCCCCCC/C=C\CCCC)OC(=O)CCCCCCCCCCCCC)OC(C(=O)O)C(O)C1O. The minimum atomic E-state index is -1.90. The fraction of sp³-hybridized carbons (Fsp3) is 0.811. The molecule has 3 N–H and O–H groups in total. The van der Waals surface area contributed by atoms with Gasteiger partial charge in [-0.25, -0.2) is 4.79 Å². The average Bonchev–Trinajstić information content (AvgIpc) is 3.29. The van der Waals surface area contributed by atoms with E-state index in [1.54, 1.807) is 0 Å². The molecule has 0 aromatic rings. The van der Waals surface area contributed by atoms with Gasteiger partial charge in [0.1, 0.15) is 18.8 Å². The van der Waals surface area contributed by atoms with Crippen LogP contribution in [-0.4, -0.2) is 89.2 Å². The number of allylic oxidation sites excluding steroid dienone is 6. The van der Waals surface area contributed by atoms with E-state index in [4.69, 9.17) is 23.7 Å². The van der Waals surface area contributed by atoms with Gasteiger partial charge in [-0.1, -0.05) is 179 Å². The van der Waals surface area contributed by atoms with Crippen molar-refractivity contribution in [3.63, 3.8) is 0 Å². The highest BCUT2D eigenvalue weighted by Gasteiger charge is 2.50. The van der Waals surface area contributed by atoms with Crippen molar-refractivity contribution in [3.8, 4) is 0 Å². The number of aliphatic hydroxyl groups is 2. The monoisotopic (exact) mass is 921 g/mol. The smallest absolute Gasteiger partial charge is 0.335 e. The highest BCUT2D eigenvalue weighted by molar-refractivity contribution is 5.74. The summed E-state index contributed by atoms with van der Waals surface area (Å²) in [4.78, 5) is 50.7. The molecule has 0 bridgehead atoms. The van der Waals surface area contributed by atoms with Gasteiger partial charge in [0.05, 0.1) is 6.61 Å². The molecular formula is C53H92O12. The quantitative estimate of drug-likeness (QED) is 0.0229. The predicted molar refractivity (Wildman–Crippen MR) is 257 cm³/mol. The van der Waals surface area contributed by atoms with Crippen LogP contribution in [0, 0.1) is 0 Å². The van der Waals surface area contributed by atoms with Crippen LogP contribution in [0.15, 0.2) is 36.5 Å². The zero-order chi connectivity index (χ0) is 47.6. The Kier molecular flexibility index (Phi) is 39.0. The fourth-order valence-electron chi connectivity index (χ4n) is 7.62. The summed E-state index contributed by atoms with van der Waals surface area (Å²) in [5, 5.41) is 31.3. The van der Waals surface area contributed by atoms with Crippen molar-refractivity contribution in [1.29, 1.82) is 0 Å². The van der Waals surface area contributed by atoms with Crippen LogP contribution in [-0.2, 0) is 42.9 Å². The third-order valence-electron chi connectivity index (χ3n) is 11.7. The molecule has 1 saturated heterocycles. The summed E-state index contributed by atoms with van der Waals surface area (Å²) in [7, 11) is 0. The van der Waals surface area contributed by atoms with Crippen molar-refractivity contribution in [2.75, 3.05) is 13.2 Å². The number of carboxylic acid groups (broad SMARTS) is 1. The van der Waals surface area contributed by atoms with E-state index < -0.39 is 67.3 Å². The van der Waals surface area contributed by atoms with E-state index >= 15 is 0 Å². The Morgan fingerprint density at radius 2 is 0.969 bits per heavy atom. The zero-order valence-corrected chi connectivity index (χ0v) is 41.0. The summed E-state index contributed by atoms with van der Waals surface area (Å²) in [6, 6.07) is 0. The Balaban J connectivity index is 2.75. The fourth-order valence-corrected chi connectivity index (χ4v) is 7.62. The van der Waals surface area contributed by atoms with E-state index in [9.17, 15) is 34.5 Å². The minimum absolute atomic E-state index is 0.0457. The number of aliphatic hydroxyl groups excluding tert-OH is 2. The van der Waals surface area contributed by atoms with E-state index in [0.717, 1.165) is 109 Å². The van der Waals surface area contributed by atoms with Gasteiger partial charge in [0.2, 0.25) is 0 Å². The summed E-state index contributed by atoms with van der Waals surface area (Å²) < 4.78 is 28.2. The standard InChI is InChI=1S/C53H92O12/c1-4-7-10-13-16-19-22-23-26-29-32-35-38-41-47(56)64-51-49(58)48(57)50(52(59)60)65-53(51)62-43-44(63-46(55)40-37-34-31-28-25-21-18-15-12-9-6-3)42-61-45(54)39-36-33-30-27-24-20-17-14-11-8-5-2/h10,13-14,17,19,22,44,48-51,53,57-58H,4-9,11-12,15-16,18,20-21,23-43H2,1-3H3,(H,59,60)/b13-10-,17-14-,22-19-. The molecule has 376 valence electrons. The number of esters is 3. The number of aliphatic carboxylic acids is 1. The number of hydrogen-bond donors (Lipinski definition) is 3. The largest absolute Gasteiger partial charge is 0.479 e. The molecular weight excluding hydrogens is 829 g/mol. The van der Waals surface area contributed by atoms with Crippen LogP contribution in [0.25, 0.3) is 0 Å². The van der Waals surface area contributed by atoms with Gasteiger partial charge < -0.3 is 39.0 Å². The molecule has 0 aliphatic carbocycles. The molecule has 1 aliphatic heterocycles. The third kappa shape index (κ3) is 33.1. The van der Waals surface area contributed by atoms with Crippen LogP contribution in [0.3, 0.4) is 0 Å². The predicted octanol–water partition coefficient (Wildman–Crippen LogP) is 12.1. The van der Waals surface area contributed by atoms with Crippen LogP contribution in [0.5, 0.6) is 0 Å². The second-order valence-corrected chi connectivity index (χ2v) is 17.8. The van der Waals surface area contributed by atoms with Gasteiger partial charge in [-0.15, -0.1) is 0 Å². The number of carbonyl (C=O) groups excluding carboxylic acids is 3. The first-order chi connectivity index (χ1) is 31.6. The average molecular weight is 921 g/mol. The van der Waals surface area contributed by atoms with Crippen molar-refractivity contribution < 1.29 is 58.2 Å². The number of unbranched alkanes of at least 4 members (excludes halogenated alkanes) is 23. The van der Waals surface area contributed by atoms with Crippen molar-refractivity contribution in [1.82, 2.24) is 0 Å². The molecule has 12 heteroatoms. The molecule has 6 unspecified atom stereocenters. The maximum absolute atomic E-state index is 13.0. The lowest BCUT2D eigenvalue weighted by molar-refractivity contribution is -0.301. The lowest BCUT2D eigenvalue weighted by atomic mass is 9.98. The highest BCUT2D eigenvalue weighted by Crippen LogP contribution is 2.26. The second kappa shape index (κ2) is 42.3. The van der Waals surface area contributed by atoms with Gasteiger partial charge in [0.15, 0.2) is 24.6 Å². The van der Waals surface area contributed by atoms with Crippen LogP contribution in [0.2, 0.25) is 0 Å². The molecule has 65 heavy (non-hydrogen) atoms. The Labute approximate surface area is 393 Å². The van der Waals surface area contributed by atoms with Crippen LogP contribution in [0.4, 0.5) is 0 Å². The Morgan fingerprint density at radius 3 is 1.51 bits per heavy atom. The molecule has 0 spiro atoms. The van der Waals surface area contributed by atoms with Crippen molar-refractivity contribution >= 4 is 23.9 Å². The third-order valence-corrected chi connectivity index (χ3v) is 11.7. The summed E-state index contributed by atoms with van der Waals surface area (Å²) in [6.07, 6.45) is 34.2. The number of hydrogen-bond acceptors (Lipinski definition) is 11. The maximum atomic E-state index is 13.0. The van der Waals surface area contributed by atoms with Gasteiger partial charge >= 0.3 is 23.9 Å². The Hall–Kier alpha value is -3.06. The van der Waals surface area contributed by atoms with Crippen LogP contribution >= 0.6 is 0 Å². The normalized spacial score (nSPS) is 19.3. The lowest BCUT2D eigenvalue weighted by Crippen LogP contribution is -2.61. The second-order valence-electron chi connectivity index (χ2n) is 17.8. The van der Waals surface area contributed by atoms with E-state index in [1.165, 1.54) is 57.8 Å². The molecule has 1 rings (SSSR count). The first-order valence-corrected chi connectivity index (χ1v) is 26.0. The van der Waals surface area contributed by atoms with Gasteiger partial charge in [-0.2, -0.15) is 0 Å². The number of rotatable bonds is 43. The minimum Gasteiger partial charge on any atom is -0.479 e. The summed E-state index contributed by atoms with van der Waals surface area (Å²) in [5.74, 6) is -3.14. The van der Waals surface area contributed by atoms with Gasteiger partial charge in [0.25, 0.3) is 0 Å². The molecule has 0 saturated carbocycles. The zero-order valence-electron chi connectivity index (χ0n) is 41.0. The molecule has 1 aliphatic rings. The first kappa shape index (κ1) is 60.0. The van der Waals surface area contributed by atoms with E-state index in [2.05, 4.69) is 57.2 Å². The molecule has 1 fully saturated rings. The number of carboxylic acids is 1. The van der Waals surface area contributed by atoms with E-state index in [-0.39, 0.29) is 25.9 Å². The Morgan fingerprint density at radius 1 is 0.508 bits per heavy atom. The summed E-state index contributed by atoms with van der Waals surface area (Å²) in [6.45, 7) is 5.84. The molecule has 0 amide bonds. The van der Waals surface area contributed by atoms with Crippen molar-refractivity contribution in [2.45, 2.75) is 263 Å². The van der Waals surface area contributed by atoms with Crippen molar-refractivity contribution in [2.24, 2.45) is 0 Å². The van der Waals surface area contributed by atoms with Crippen molar-refractivity contribution in [3.05, 3.63) is 36.5 Å². The molecule has 0 aromatic heterocycles. The van der Waals surface area contributed by atoms with Gasteiger partial charge in [-0.3, -0.25) is 14.4 Å². The number of carbonyl (C=O) groups is 4. The van der Waals surface area contributed by atoms with Crippen LogP contribution in [0.1, 0.15) is 226 Å². The number of ether oxygens (including phenoxy) is 5. The summed E-state index contributed by atoms with van der Waals surface area (Å²) >= 11 is 0. The molecule has 12 nitrogen and oxygen atoms in total. The summed E-state index contributed by atoms with van der Waals surface area (Å²) in [5.41, 5.74) is 0. The van der Waals surface area contributed by atoms with Gasteiger partial charge in [0, 0.05) is 19.3 Å². The molecule has 0 radical (unpaired) electrons. The topological polar surface area (TPSA) is 175 Å². The Bertz CT molecular complexity index is 1280. The van der Waals surface area contributed by atoms with E-state index in [0.29, 0.717) is 19.3 Å².